The summed E-state index contributed by atoms with van der Waals surface area (Å²) in [6.45, 7) is 3.92. The summed E-state index contributed by atoms with van der Waals surface area (Å²) in [5.74, 6) is 1.68. The zero-order valence-electron chi connectivity index (χ0n) is 12.7. The molecule has 2 atom stereocenters. The predicted molar refractivity (Wildman–Crippen MR) is 80.2 cm³/mol. The Bertz CT molecular complexity index is 408. The minimum absolute atomic E-state index is 0. The van der Waals surface area contributed by atoms with Gasteiger partial charge in [-0.15, -0.1) is 0 Å². The molecule has 0 spiro atoms. The van der Waals surface area contributed by atoms with Crippen LogP contribution in [-0.4, -0.2) is 44.3 Å². The third-order valence-electron chi connectivity index (χ3n) is 4.97. The van der Waals surface area contributed by atoms with Crippen LogP contribution in [0.1, 0.15) is 30.7 Å². The van der Waals surface area contributed by atoms with Crippen molar-refractivity contribution in [1.29, 1.82) is 0 Å². The number of piperidine rings is 1. The Hall–Kier alpha value is -0.130. The van der Waals surface area contributed by atoms with E-state index in [1.54, 1.807) is 0 Å². The number of likely N-dealkylation sites (tertiary alicyclic amines) is 1. The van der Waals surface area contributed by atoms with Gasteiger partial charge in [-0.2, -0.15) is 0 Å². The molecule has 1 saturated carbocycles. The molecule has 0 bridgehead atoms. The van der Waals surface area contributed by atoms with Gasteiger partial charge in [-0.25, -0.2) is 0 Å². The Balaban J connectivity index is 0.00000147. The van der Waals surface area contributed by atoms with Crippen molar-refractivity contribution in [3.63, 3.8) is 0 Å². The van der Waals surface area contributed by atoms with E-state index in [1.807, 2.05) is 0 Å². The highest BCUT2D eigenvalue weighted by atomic mass is 127. The van der Waals surface area contributed by atoms with Crippen molar-refractivity contribution in [1.82, 2.24) is 5.32 Å². The van der Waals surface area contributed by atoms with E-state index in [4.69, 9.17) is 0 Å². The lowest BCUT2D eigenvalue weighted by Crippen LogP contribution is -3.00. The maximum Gasteiger partial charge on any atom is 0.0785 e. The van der Waals surface area contributed by atoms with Gasteiger partial charge in [-0.3, -0.25) is 0 Å². The molecule has 1 N–H and O–H groups in total. The molecular weight excluding hydrogens is 359 g/mol. The highest BCUT2D eigenvalue weighted by Gasteiger charge is 2.38. The van der Waals surface area contributed by atoms with Gasteiger partial charge in [0.05, 0.1) is 27.2 Å². The Morgan fingerprint density at radius 3 is 2.40 bits per heavy atom. The molecule has 112 valence electrons. The molecule has 1 saturated heterocycles. The number of hydrogen-bond acceptors (Lipinski definition) is 1. The number of rotatable bonds is 4. The van der Waals surface area contributed by atoms with Crippen LogP contribution < -0.4 is 29.3 Å². The summed E-state index contributed by atoms with van der Waals surface area (Å²) >= 11 is 0. The van der Waals surface area contributed by atoms with Gasteiger partial charge in [0.1, 0.15) is 0 Å². The normalized spacial score (nSPS) is 28.7. The first-order valence-electron chi connectivity index (χ1n) is 7.74. The van der Waals surface area contributed by atoms with Crippen LogP contribution in [0.2, 0.25) is 0 Å². The molecule has 1 aromatic carbocycles. The van der Waals surface area contributed by atoms with Crippen molar-refractivity contribution < 1.29 is 28.5 Å². The molecule has 2 aliphatic rings. The second-order valence-electron chi connectivity index (χ2n) is 7.09. The van der Waals surface area contributed by atoms with Gasteiger partial charge in [-0.05, 0) is 24.4 Å². The van der Waals surface area contributed by atoms with E-state index in [9.17, 15) is 0 Å². The molecule has 1 heterocycles. The monoisotopic (exact) mass is 386 g/mol. The van der Waals surface area contributed by atoms with Crippen molar-refractivity contribution in [3.05, 3.63) is 35.9 Å². The van der Waals surface area contributed by atoms with Crippen LogP contribution in [0.5, 0.6) is 0 Å². The average molecular weight is 386 g/mol. The standard InChI is InChI=1S/C17H27N2.HI/c1-19(2)10-8-14(9-11-19)13-18-17-12-16(17)15-6-4-3-5-7-15;/h3-7,14,16-18H,8-13H2,1-2H3;1H/q+1;/p-1. The molecule has 3 heteroatoms. The fourth-order valence-electron chi connectivity index (χ4n) is 3.33. The van der Waals surface area contributed by atoms with Crippen LogP contribution in [0.4, 0.5) is 0 Å². The molecule has 3 rings (SSSR count). The molecular formula is C17H27IN2. The topological polar surface area (TPSA) is 12.0 Å². The van der Waals surface area contributed by atoms with Gasteiger partial charge in [0, 0.05) is 24.8 Å². The Kier molecular flexibility index (Phi) is 5.49. The van der Waals surface area contributed by atoms with Crippen molar-refractivity contribution >= 4 is 0 Å². The van der Waals surface area contributed by atoms with Crippen LogP contribution in [-0.2, 0) is 0 Å². The number of nitrogens with one attached hydrogen (secondary N) is 1. The van der Waals surface area contributed by atoms with Crippen molar-refractivity contribution in [2.45, 2.75) is 31.2 Å². The Morgan fingerprint density at radius 2 is 1.75 bits per heavy atom. The number of benzene rings is 1. The maximum absolute atomic E-state index is 3.80. The fourth-order valence-corrected chi connectivity index (χ4v) is 3.33. The number of halogens is 1. The number of nitrogens with zero attached hydrogens (tertiary/aromatic N) is 1. The minimum Gasteiger partial charge on any atom is -1.00 e. The van der Waals surface area contributed by atoms with Gasteiger partial charge in [0.15, 0.2) is 0 Å². The van der Waals surface area contributed by atoms with Crippen LogP contribution in [0.3, 0.4) is 0 Å². The maximum atomic E-state index is 3.80. The summed E-state index contributed by atoms with van der Waals surface area (Å²) in [7, 11) is 4.71. The lowest BCUT2D eigenvalue weighted by Gasteiger charge is -2.37. The second kappa shape index (κ2) is 6.75. The third-order valence-corrected chi connectivity index (χ3v) is 4.97. The van der Waals surface area contributed by atoms with E-state index in [1.165, 1.54) is 48.9 Å². The molecule has 1 aliphatic carbocycles. The first-order chi connectivity index (χ1) is 9.14. The first-order valence-corrected chi connectivity index (χ1v) is 7.74. The summed E-state index contributed by atoms with van der Waals surface area (Å²) in [5.41, 5.74) is 1.52. The predicted octanol–water partition coefficient (Wildman–Crippen LogP) is -0.377. The van der Waals surface area contributed by atoms with E-state index >= 15 is 0 Å². The van der Waals surface area contributed by atoms with Crippen molar-refractivity contribution in [2.24, 2.45) is 5.92 Å². The molecule has 1 aromatic rings. The van der Waals surface area contributed by atoms with Gasteiger partial charge in [0.25, 0.3) is 0 Å². The lowest BCUT2D eigenvalue weighted by atomic mass is 9.96. The highest BCUT2D eigenvalue weighted by Crippen LogP contribution is 2.40. The molecule has 20 heavy (non-hydrogen) atoms. The Labute approximate surface area is 140 Å². The van der Waals surface area contributed by atoms with Gasteiger partial charge < -0.3 is 33.8 Å². The van der Waals surface area contributed by atoms with Crippen molar-refractivity contribution in [2.75, 3.05) is 33.7 Å². The fraction of sp³-hybridized carbons (Fsp3) is 0.647. The summed E-state index contributed by atoms with van der Waals surface area (Å²) in [6, 6.07) is 11.7. The quantitative estimate of drug-likeness (QED) is 0.550. The lowest BCUT2D eigenvalue weighted by molar-refractivity contribution is -0.896. The molecule has 2 nitrogen and oxygen atoms in total. The van der Waals surface area contributed by atoms with E-state index in [2.05, 4.69) is 49.7 Å². The number of hydrogen-bond donors (Lipinski definition) is 1. The molecule has 2 unspecified atom stereocenters. The molecule has 0 amide bonds. The third kappa shape index (κ3) is 4.18. The van der Waals surface area contributed by atoms with E-state index in [0.29, 0.717) is 0 Å². The van der Waals surface area contributed by atoms with Crippen LogP contribution in [0.25, 0.3) is 0 Å². The van der Waals surface area contributed by atoms with E-state index in [0.717, 1.165) is 17.9 Å². The summed E-state index contributed by atoms with van der Waals surface area (Å²) < 4.78 is 1.21. The number of quaternary nitrogens is 1. The summed E-state index contributed by atoms with van der Waals surface area (Å²) in [5, 5.41) is 3.80. The van der Waals surface area contributed by atoms with Gasteiger partial charge >= 0.3 is 0 Å². The zero-order valence-corrected chi connectivity index (χ0v) is 14.8. The molecule has 2 fully saturated rings. The summed E-state index contributed by atoms with van der Waals surface area (Å²) in [4.78, 5) is 0. The molecule has 0 aromatic heterocycles. The van der Waals surface area contributed by atoms with Crippen molar-refractivity contribution in [3.8, 4) is 0 Å². The zero-order chi connectivity index (χ0) is 13.3. The van der Waals surface area contributed by atoms with Gasteiger partial charge in [-0.1, -0.05) is 30.3 Å². The minimum atomic E-state index is 0. The van der Waals surface area contributed by atoms with Crippen LogP contribution >= 0.6 is 0 Å². The highest BCUT2D eigenvalue weighted by molar-refractivity contribution is 5.27. The van der Waals surface area contributed by atoms with E-state index in [-0.39, 0.29) is 24.0 Å². The van der Waals surface area contributed by atoms with Crippen LogP contribution in [0, 0.1) is 5.92 Å². The smallest absolute Gasteiger partial charge is 0.0785 e. The SMILES string of the molecule is C[N+]1(C)CCC(CNC2CC2c2ccccc2)CC1.[I-]. The van der Waals surface area contributed by atoms with Gasteiger partial charge in [0.2, 0.25) is 0 Å². The van der Waals surface area contributed by atoms with Crippen LogP contribution in [0.15, 0.2) is 30.3 Å². The Morgan fingerprint density at radius 1 is 1.10 bits per heavy atom. The molecule has 1 aliphatic heterocycles. The first kappa shape index (κ1) is 16.2. The molecule has 0 radical (unpaired) electrons. The largest absolute Gasteiger partial charge is 1.00 e. The summed E-state index contributed by atoms with van der Waals surface area (Å²) in [6.07, 6.45) is 4.11. The average Bonchev–Trinajstić information content (AvgIpc) is 3.18. The van der Waals surface area contributed by atoms with E-state index < -0.39 is 0 Å². The second-order valence-corrected chi connectivity index (χ2v) is 7.09.